The van der Waals surface area contributed by atoms with Crippen molar-refractivity contribution in [3.05, 3.63) is 29.8 Å². The first-order valence-corrected chi connectivity index (χ1v) is 6.92. The van der Waals surface area contributed by atoms with E-state index in [1.807, 2.05) is 45.0 Å². The van der Waals surface area contributed by atoms with E-state index in [0.717, 1.165) is 11.3 Å². The van der Waals surface area contributed by atoms with E-state index in [0.29, 0.717) is 19.4 Å². The number of carbonyl (C=O) groups excluding carboxylic acids is 1. The number of benzene rings is 1. The molecule has 0 bridgehead atoms. The number of rotatable bonds is 6. The van der Waals surface area contributed by atoms with Crippen molar-refractivity contribution in [3.8, 4) is 5.75 Å². The summed E-state index contributed by atoms with van der Waals surface area (Å²) in [6.07, 6.45) is 1.02. The highest BCUT2D eigenvalue weighted by Crippen LogP contribution is 2.29. The number of carbonyl (C=O) groups is 1. The lowest BCUT2D eigenvalue weighted by molar-refractivity contribution is -0.155. The molecule has 4 heteroatoms. The molecule has 4 nitrogen and oxygen atoms in total. The highest BCUT2D eigenvalue weighted by Gasteiger charge is 2.19. The maximum atomic E-state index is 11.8. The van der Waals surface area contributed by atoms with Crippen LogP contribution in [-0.4, -0.2) is 25.2 Å². The summed E-state index contributed by atoms with van der Waals surface area (Å²) in [5, 5.41) is 0. The van der Waals surface area contributed by atoms with E-state index in [2.05, 4.69) is 0 Å². The fourth-order valence-electron chi connectivity index (χ4n) is 2.09. The molecule has 1 rings (SSSR count). The molecule has 0 aromatic heterocycles. The van der Waals surface area contributed by atoms with Gasteiger partial charge in [-0.25, -0.2) is 0 Å². The van der Waals surface area contributed by atoms with E-state index in [1.165, 1.54) is 0 Å². The lowest BCUT2D eigenvalue weighted by atomic mass is 9.93. The summed E-state index contributed by atoms with van der Waals surface area (Å²) < 4.78 is 10.7. The van der Waals surface area contributed by atoms with Crippen LogP contribution in [0.25, 0.3) is 0 Å². The number of ether oxygens (including phenoxy) is 2. The van der Waals surface area contributed by atoms with Crippen LogP contribution in [-0.2, 0) is 9.53 Å². The average Bonchev–Trinajstić information content (AvgIpc) is 2.38. The summed E-state index contributed by atoms with van der Waals surface area (Å²) in [6, 6.07) is 7.77. The maximum absolute atomic E-state index is 11.8. The highest BCUT2D eigenvalue weighted by atomic mass is 16.6. The third-order valence-electron chi connectivity index (χ3n) is 2.98. The topological polar surface area (TPSA) is 61.5 Å². The van der Waals surface area contributed by atoms with Gasteiger partial charge < -0.3 is 15.2 Å². The van der Waals surface area contributed by atoms with Gasteiger partial charge in [0.25, 0.3) is 0 Å². The van der Waals surface area contributed by atoms with Crippen molar-refractivity contribution in [2.45, 2.75) is 45.1 Å². The minimum atomic E-state index is -0.445. The van der Waals surface area contributed by atoms with Gasteiger partial charge in [0.15, 0.2) is 0 Å². The number of nitrogens with two attached hydrogens (primary N) is 1. The molecule has 1 atom stereocenters. The van der Waals surface area contributed by atoms with Crippen molar-refractivity contribution in [3.63, 3.8) is 0 Å². The molecule has 1 unspecified atom stereocenters. The number of esters is 1. The Hall–Kier alpha value is -1.55. The van der Waals surface area contributed by atoms with Gasteiger partial charge in [-0.05, 0) is 45.4 Å². The Labute approximate surface area is 121 Å². The predicted molar refractivity (Wildman–Crippen MR) is 79.9 cm³/mol. The molecule has 0 saturated heterocycles. The summed E-state index contributed by atoms with van der Waals surface area (Å²) in [4.78, 5) is 11.8. The number of para-hydroxylation sites is 1. The van der Waals surface area contributed by atoms with Crippen molar-refractivity contribution in [2.24, 2.45) is 5.73 Å². The van der Waals surface area contributed by atoms with Crippen molar-refractivity contribution < 1.29 is 14.3 Å². The molecule has 0 saturated carbocycles. The van der Waals surface area contributed by atoms with E-state index in [1.54, 1.807) is 7.11 Å². The van der Waals surface area contributed by atoms with Crippen LogP contribution in [0.2, 0.25) is 0 Å². The number of hydrogen-bond acceptors (Lipinski definition) is 4. The number of methoxy groups -OCH3 is 1. The second-order valence-corrected chi connectivity index (χ2v) is 5.80. The fraction of sp³-hybridized carbons (Fsp3) is 0.562. The summed E-state index contributed by atoms with van der Waals surface area (Å²) in [7, 11) is 1.64. The summed E-state index contributed by atoms with van der Waals surface area (Å²) in [5.41, 5.74) is 6.43. The van der Waals surface area contributed by atoms with E-state index in [4.69, 9.17) is 15.2 Å². The summed E-state index contributed by atoms with van der Waals surface area (Å²) in [6.45, 7) is 6.08. The minimum absolute atomic E-state index is 0.0960. The van der Waals surface area contributed by atoms with Crippen molar-refractivity contribution >= 4 is 5.97 Å². The normalized spacial score (nSPS) is 12.8. The fourth-order valence-corrected chi connectivity index (χ4v) is 2.09. The lowest BCUT2D eigenvalue weighted by Gasteiger charge is -2.21. The Balaban J connectivity index is 2.66. The van der Waals surface area contributed by atoms with E-state index in [9.17, 15) is 4.79 Å². The van der Waals surface area contributed by atoms with Crippen LogP contribution in [0.3, 0.4) is 0 Å². The number of hydrogen-bond donors (Lipinski definition) is 1. The van der Waals surface area contributed by atoms with Gasteiger partial charge in [-0.1, -0.05) is 18.2 Å². The van der Waals surface area contributed by atoms with Gasteiger partial charge >= 0.3 is 5.97 Å². The largest absolute Gasteiger partial charge is 0.496 e. The zero-order chi connectivity index (χ0) is 15.2. The van der Waals surface area contributed by atoms with Crippen molar-refractivity contribution in [1.29, 1.82) is 0 Å². The molecule has 1 aromatic carbocycles. The van der Waals surface area contributed by atoms with Crippen molar-refractivity contribution in [2.75, 3.05) is 13.7 Å². The minimum Gasteiger partial charge on any atom is -0.496 e. The molecule has 0 amide bonds. The van der Waals surface area contributed by atoms with Gasteiger partial charge in [0, 0.05) is 12.3 Å². The standard InChI is InChI=1S/C16H25NO3/c1-16(2,3)20-15(18)10-9-12(11-17)13-7-5-6-8-14(13)19-4/h5-8,12H,9-11,17H2,1-4H3. The van der Waals surface area contributed by atoms with E-state index >= 15 is 0 Å². The molecular formula is C16H25NO3. The maximum Gasteiger partial charge on any atom is 0.306 e. The summed E-state index contributed by atoms with van der Waals surface area (Å²) >= 11 is 0. The molecule has 0 aliphatic heterocycles. The third-order valence-corrected chi connectivity index (χ3v) is 2.98. The van der Waals surface area contributed by atoms with Crippen LogP contribution >= 0.6 is 0 Å². The quantitative estimate of drug-likeness (QED) is 0.813. The Morgan fingerprint density at radius 3 is 2.50 bits per heavy atom. The SMILES string of the molecule is COc1ccccc1C(CN)CCC(=O)OC(C)(C)C. The summed E-state index contributed by atoms with van der Waals surface area (Å²) in [5.74, 6) is 0.719. The predicted octanol–water partition coefficient (Wildman–Crippen LogP) is 2.86. The second kappa shape index (κ2) is 7.29. The molecule has 2 N–H and O–H groups in total. The third kappa shape index (κ3) is 5.21. The van der Waals surface area contributed by atoms with Gasteiger partial charge in [0.1, 0.15) is 11.4 Å². The Morgan fingerprint density at radius 2 is 1.95 bits per heavy atom. The van der Waals surface area contributed by atoms with Crippen LogP contribution < -0.4 is 10.5 Å². The van der Waals surface area contributed by atoms with Crippen LogP contribution in [0.15, 0.2) is 24.3 Å². The molecular weight excluding hydrogens is 254 g/mol. The Bertz CT molecular complexity index is 438. The monoisotopic (exact) mass is 279 g/mol. The molecule has 0 aliphatic rings. The van der Waals surface area contributed by atoms with Crippen LogP contribution in [0.5, 0.6) is 5.75 Å². The zero-order valence-corrected chi connectivity index (χ0v) is 12.8. The lowest BCUT2D eigenvalue weighted by Crippen LogP contribution is -2.24. The molecule has 0 fully saturated rings. The first kappa shape index (κ1) is 16.5. The Morgan fingerprint density at radius 1 is 1.30 bits per heavy atom. The first-order valence-electron chi connectivity index (χ1n) is 6.92. The highest BCUT2D eigenvalue weighted by molar-refractivity contribution is 5.70. The molecule has 1 aromatic rings. The first-order chi connectivity index (χ1) is 9.37. The zero-order valence-electron chi connectivity index (χ0n) is 12.8. The van der Waals surface area contributed by atoms with Gasteiger partial charge in [-0.3, -0.25) is 4.79 Å². The molecule has 20 heavy (non-hydrogen) atoms. The molecule has 112 valence electrons. The van der Waals surface area contributed by atoms with Gasteiger partial charge in [-0.2, -0.15) is 0 Å². The van der Waals surface area contributed by atoms with E-state index < -0.39 is 5.60 Å². The average molecular weight is 279 g/mol. The molecule has 0 radical (unpaired) electrons. The van der Waals surface area contributed by atoms with E-state index in [-0.39, 0.29) is 11.9 Å². The smallest absolute Gasteiger partial charge is 0.306 e. The molecule has 0 heterocycles. The van der Waals surface area contributed by atoms with Crippen LogP contribution in [0.1, 0.15) is 45.1 Å². The van der Waals surface area contributed by atoms with Gasteiger partial charge in [-0.15, -0.1) is 0 Å². The van der Waals surface area contributed by atoms with Crippen molar-refractivity contribution in [1.82, 2.24) is 0 Å². The van der Waals surface area contributed by atoms with Crippen LogP contribution in [0.4, 0.5) is 0 Å². The van der Waals surface area contributed by atoms with Crippen LogP contribution in [0, 0.1) is 0 Å². The van der Waals surface area contributed by atoms with Gasteiger partial charge in [0.05, 0.1) is 7.11 Å². The molecule has 0 aliphatic carbocycles. The van der Waals surface area contributed by atoms with Gasteiger partial charge in [0.2, 0.25) is 0 Å². The second-order valence-electron chi connectivity index (χ2n) is 5.80. The Kier molecular flexibility index (Phi) is 6.02. The molecule has 0 spiro atoms.